The largest absolute Gasteiger partial charge is 0.491 e. The van der Waals surface area contributed by atoms with E-state index in [4.69, 9.17) is 4.74 Å². The maximum atomic E-state index is 11.9. The van der Waals surface area contributed by atoms with Crippen LogP contribution in [0.5, 0.6) is 5.75 Å². The highest BCUT2D eigenvalue weighted by molar-refractivity contribution is 7.13. The standard InChI is InChI=1S/C16H20N2O3S/c1-10(2)21-13-6-4-12(5-7-13)16-18-14(9-22-16)15(20)17-8-11(3)19/h4-7,9-11,19H,8H2,1-3H3,(H,17,20). The molecule has 2 rings (SSSR count). The van der Waals surface area contributed by atoms with Gasteiger partial charge in [-0.3, -0.25) is 4.79 Å². The zero-order chi connectivity index (χ0) is 16.1. The molecule has 2 N–H and O–H groups in total. The minimum atomic E-state index is -0.574. The molecule has 1 unspecified atom stereocenters. The predicted molar refractivity (Wildman–Crippen MR) is 87.3 cm³/mol. The van der Waals surface area contributed by atoms with Crippen LogP contribution in [0.1, 0.15) is 31.3 Å². The maximum absolute atomic E-state index is 11.9. The Labute approximate surface area is 134 Å². The number of amides is 1. The molecule has 0 saturated heterocycles. The van der Waals surface area contributed by atoms with Gasteiger partial charge in [-0.15, -0.1) is 11.3 Å². The lowest BCUT2D eigenvalue weighted by Gasteiger charge is -2.09. The van der Waals surface area contributed by atoms with E-state index < -0.39 is 6.10 Å². The third-order valence-electron chi connectivity index (χ3n) is 2.77. The van der Waals surface area contributed by atoms with Gasteiger partial charge in [-0.2, -0.15) is 0 Å². The Morgan fingerprint density at radius 1 is 1.32 bits per heavy atom. The van der Waals surface area contributed by atoms with E-state index in [0.29, 0.717) is 5.69 Å². The highest BCUT2D eigenvalue weighted by atomic mass is 32.1. The number of carbonyl (C=O) groups is 1. The van der Waals surface area contributed by atoms with Crippen molar-refractivity contribution in [1.82, 2.24) is 10.3 Å². The normalized spacial score (nSPS) is 12.2. The molecule has 1 aromatic heterocycles. The number of aromatic nitrogens is 1. The van der Waals surface area contributed by atoms with E-state index in [9.17, 15) is 9.90 Å². The van der Waals surface area contributed by atoms with E-state index in [1.807, 2.05) is 38.1 Å². The average molecular weight is 320 g/mol. The van der Waals surface area contributed by atoms with Gasteiger partial charge in [0.15, 0.2) is 0 Å². The highest BCUT2D eigenvalue weighted by Gasteiger charge is 2.12. The van der Waals surface area contributed by atoms with Crippen LogP contribution in [-0.4, -0.2) is 34.8 Å². The first kappa shape index (κ1) is 16.5. The van der Waals surface area contributed by atoms with E-state index in [1.165, 1.54) is 11.3 Å². The summed E-state index contributed by atoms with van der Waals surface area (Å²) >= 11 is 1.41. The predicted octanol–water partition coefficient (Wildman–Crippen LogP) is 2.71. The van der Waals surface area contributed by atoms with Crippen molar-refractivity contribution < 1.29 is 14.6 Å². The summed E-state index contributed by atoms with van der Waals surface area (Å²) in [6, 6.07) is 7.63. The molecule has 0 aliphatic rings. The molecule has 0 saturated carbocycles. The van der Waals surface area contributed by atoms with E-state index in [-0.39, 0.29) is 18.6 Å². The zero-order valence-corrected chi connectivity index (χ0v) is 13.7. The summed E-state index contributed by atoms with van der Waals surface area (Å²) in [4.78, 5) is 16.2. The summed E-state index contributed by atoms with van der Waals surface area (Å²) in [6.07, 6.45) is -0.439. The van der Waals surface area contributed by atoms with Gasteiger partial charge in [0.2, 0.25) is 0 Å². The van der Waals surface area contributed by atoms with Crippen LogP contribution in [0, 0.1) is 0 Å². The van der Waals surface area contributed by atoms with Crippen LogP contribution in [0.25, 0.3) is 10.6 Å². The molecule has 1 amide bonds. The van der Waals surface area contributed by atoms with Crippen LogP contribution in [0.15, 0.2) is 29.6 Å². The fraction of sp³-hybridized carbons (Fsp3) is 0.375. The Kier molecular flexibility index (Phi) is 5.51. The van der Waals surface area contributed by atoms with Gasteiger partial charge in [0.05, 0.1) is 12.2 Å². The summed E-state index contributed by atoms with van der Waals surface area (Å²) < 4.78 is 5.60. The summed E-state index contributed by atoms with van der Waals surface area (Å²) in [5, 5.41) is 14.3. The number of carbonyl (C=O) groups excluding carboxylic acids is 1. The molecule has 1 heterocycles. The van der Waals surface area contributed by atoms with Gasteiger partial charge in [-0.25, -0.2) is 4.98 Å². The number of aliphatic hydroxyl groups is 1. The van der Waals surface area contributed by atoms with Crippen LogP contribution in [0.4, 0.5) is 0 Å². The molecule has 6 heteroatoms. The molecule has 1 aromatic carbocycles. The Balaban J connectivity index is 2.06. The quantitative estimate of drug-likeness (QED) is 0.858. The number of hydrogen-bond acceptors (Lipinski definition) is 5. The van der Waals surface area contributed by atoms with Crippen molar-refractivity contribution in [3.05, 3.63) is 35.3 Å². The fourth-order valence-electron chi connectivity index (χ4n) is 1.79. The molecule has 0 aliphatic carbocycles. The molecule has 5 nitrogen and oxygen atoms in total. The molecule has 0 fully saturated rings. The second kappa shape index (κ2) is 7.38. The van der Waals surface area contributed by atoms with Crippen LogP contribution in [0.2, 0.25) is 0 Å². The smallest absolute Gasteiger partial charge is 0.270 e. The molecular weight excluding hydrogens is 300 g/mol. The fourth-order valence-corrected chi connectivity index (χ4v) is 2.60. The first-order valence-electron chi connectivity index (χ1n) is 7.14. The molecule has 0 bridgehead atoms. The van der Waals surface area contributed by atoms with Crippen molar-refractivity contribution in [2.24, 2.45) is 0 Å². The Morgan fingerprint density at radius 3 is 2.59 bits per heavy atom. The lowest BCUT2D eigenvalue weighted by molar-refractivity contribution is 0.0920. The molecule has 1 atom stereocenters. The number of thiazole rings is 1. The summed E-state index contributed by atoms with van der Waals surface area (Å²) in [6.45, 7) is 5.79. The Morgan fingerprint density at radius 2 is 2.00 bits per heavy atom. The van der Waals surface area contributed by atoms with Crippen molar-refractivity contribution in [2.45, 2.75) is 33.0 Å². The minimum Gasteiger partial charge on any atom is -0.491 e. The maximum Gasteiger partial charge on any atom is 0.270 e. The van der Waals surface area contributed by atoms with Crippen LogP contribution >= 0.6 is 11.3 Å². The number of rotatable bonds is 6. The van der Waals surface area contributed by atoms with Gasteiger partial charge < -0.3 is 15.2 Å². The molecule has 2 aromatic rings. The Hall–Kier alpha value is -1.92. The molecule has 0 spiro atoms. The van der Waals surface area contributed by atoms with Gasteiger partial charge in [-0.05, 0) is 45.0 Å². The summed E-state index contributed by atoms with van der Waals surface area (Å²) in [7, 11) is 0. The lowest BCUT2D eigenvalue weighted by atomic mass is 10.2. The van der Waals surface area contributed by atoms with Crippen molar-refractivity contribution in [2.75, 3.05) is 6.54 Å². The number of nitrogens with one attached hydrogen (secondary N) is 1. The highest BCUT2D eigenvalue weighted by Crippen LogP contribution is 2.26. The van der Waals surface area contributed by atoms with Crippen molar-refractivity contribution in [1.29, 1.82) is 0 Å². The molecule has 22 heavy (non-hydrogen) atoms. The van der Waals surface area contributed by atoms with Crippen LogP contribution in [0.3, 0.4) is 0 Å². The number of aliphatic hydroxyl groups excluding tert-OH is 1. The average Bonchev–Trinajstić information content (AvgIpc) is 2.94. The minimum absolute atomic E-state index is 0.134. The Bertz CT molecular complexity index is 621. The zero-order valence-electron chi connectivity index (χ0n) is 12.9. The number of hydrogen-bond donors (Lipinski definition) is 2. The lowest BCUT2D eigenvalue weighted by Crippen LogP contribution is -2.30. The molecular formula is C16H20N2O3S. The number of nitrogens with zero attached hydrogens (tertiary/aromatic N) is 1. The van der Waals surface area contributed by atoms with Crippen molar-refractivity contribution in [3.63, 3.8) is 0 Å². The summed E-state index contributed by atoms with van der Waals surface area (Å²) in [5.74, 6) is 0.536. The van der Waals surface area contributed by atoms with Crippen molar-refractivity contribution in [3.8, 4) is 16.3 Å². The van der Waals surface area contributed by atoms with E-state index in [2.05, 4.69) is 10.3 Å². The SMILES string of the molecule is CC(O)CNC(=O)c1csc(-c2ccc(OC(C)C)cc2)n1. The van der Waals surface area contributed by atoms with Crippen LogP contribution in [-0.2, 0) is 0 Å². The first-order chi connectivity index (χ1) is 10.5. The molecule has 0 radical (unpaired) electrons. The van der Waals surface area contributed by atoms with E-state index in [1.54, 1.807) is 12.3 Å². The van der Waals surface area contributed by atoms with Crippen LogP contribution < -0.4 is 10.1 Å². The summed E-state index contributed by atoms with van der Waals surface area (Å²) in [5.41, 5.74) is 1.30. The van der Waals surface area contributed by atoms with Gasteiger partial charge in [0, 0.05) is 17.5 Å². The monoisotopic (exact) mass is 320 g/mol. The molecule has 118 valence electrons. The number of ether oxygens (including phenoxy) is 1. The third-order valence-corrected chi connectivity index (χ3v) is 3.66. The third kappa shape index (κ3) is 4.54. The van der Waals surface area contributed by atoms with Gasteiger partial charge >= 0.3 is 0 Å². The topological polar surface area (TPSA) is 71.5 Å². The molecule has 0 aliphatic heterocycles. The first-order valence-corrected chi connectivity index (χ1v) is 8.02. The van der Waals surface area contributed by atoms with Gasteiger partial charge in [0.25, 0.3) is 5.91 Å². The number of benzene rings is 1. The van der Waals surface area contributed by atoms with E-state index in [0.717, 1.165) is 16.3 Å². The second-order valence-electron chi connectivity index (χ2n) is 5.29. The van der Waals surface area contributed by atoms with Crippen molar-refractivity contribution >= 4 is 17.2 Å². The second-order valence-corrected chi connectivity index (χ2v) is 6.15. The van der Waals surface area contributed by atoms with E-state index >= 15 is 0 Å². The van der Waals surface area contributed by atoms with Gasteiger partial charge in [0.1, 0.15) is 16.5 Å². The van der Waals surface area contributed by atoms with Gasteiger partial charge in [-0.1, -0.05) is 0 Å².